The zero-order valence-electron chi connectivity index (χ0n) is 17.8. The van der Waals surface area contributed by atoms with Gasteiger partial charge >= 0.3 is 0 Å². The molecule has 2 aliphatic heterocycles. The fourth-order valence-corrected chi connectivity index (χ4v) is 4.17. The summed E-state index contributed by atoms with van der Waals surface area (Å²) in [6.07, 6.45) is 0. The number of carbonyl (C=O) groups excluding carboxylic acids is 1. The Hall–Kier alpha value is -2.77. The molecule has 1 amide bonds. The summed E-state index contributed by atoms with van der Waals surface area (Å²) in [5.41, 5.74) is 3.54. The van der Waals surface area contributed by atoms with E-state index in [4.69, 9.17) is 14.2 Å². The molecule has 7 nitrogen and oxygen atoms in total. The number of hydrogen-bond donors (Lipinski definition) is 3. The minimum atomic E-state index is 0.0893. The molecule has 0 aromatic heterocycles. The molecule has 0 saturated carbocycles. The quantitative estimate of drug-likeness (QED) is 0.564. The van der Waals surface area contributed by atoms with Crippen LogP contribution in [0.4, 0.5) is 0 Å². The van der Waals surface area contributed by atoms with Crippen molar-refractivity contribution in [2.24, 2.45) is 0 Å². The molecule has 0 aliphatic carbocycles. The smallest absolute Gasteiger partial charge is 0.275 e. The summed E-state index contributed by atoms with van der Waals surface area (Å²) >= 11 is 0. The van der Waals surface area contributed by atoms with E-state index >= 15 is 0 Å². The van der Waals surface area contributed by atoms with Crippen LogP contribution in [0.25, 0.3) is 0 Å². The van der Waals surface area contributed by atoms with Gasteiger partial charge in [0.2, 0.25) is 6.79 Å². The highest BCUT2D eigenvalue weighted by atomic mass is 16.7. The fourth-order valence-electron chi connectivity index (χ4n) is 4.17. The number of hydrogen-bond acceptors (Lipinski definition) is 4. The van der Waals surface area contributed by atoms with Crippen LogP contribution in [-0.4, -0.2) is 52.5 Å². The first-order chi connectivity index (χ1) is 14.6. The van der Waals surface area contributed by atoms with E-state index in [-0.39, 0.29) is 12.7 Å². The molecule has 0 atom stereocenters. The summed E-state index contributed by atoms with van der Waals surface area (Å²) < 4.78 is 16.2. The molecule has 0 bridgehead atoms. The molecule has 0 radical (unpaired) electrons. The Bertz CT molecular complexity index is 894. The molecule has 2 aromatic carbocycles. The van der Waals surface area contributed by atoms with E-state index in [9.17, 15) is 4.79 Å². The minimum Gasteiger partial charge on any atom is -0.496 e. The van der Waals surface area contributed by atoms with Gasteiger partial charge in [0.15, 0.2) is 18.0 Å². The maximum absolute atomic E-state index is 12.4. The number of methoxy groups -OCH3 is 1. The summed E-state index contributed by atoms with van der Waals surface area (Å²) in [5, 5.41) is 3.03. The Morgan fingerprint density at radius 2 is 1.80 bits per heavy atom. The van der Waals surface area contributed by atoms with Crippen LogP contribution in [-0.2, 0) is 17.9 Å². The molecule has 1 saturated heterocycles. The highest BCUT2D eigenvalue weighted by molar-refractivity contribution is 5.76. The predicted octanol–water partition coefficient (Wildman–Crippen LogP) is -0.668. The second kappa shape index (κ2) is 9.36. The van der Waals surface area contributed by atoms with E-state index in [2.05, 4.69) is 30.4 Å². The van der Waals surface area contributed by atoms with Crippen molar-refractivity contribution in [1.29, 1.82) is 0 Å². The van der Waals surface area contributed by atoms with Crippen LogP contribution < -0.4 is 29.3 Å². The Balaban J connectivity index is 1.21. The third-order valence-electron chi connectivity index (χ3n) is 5.88. The van der Waals surface area contributed by atoms with Gasteiger partial charge in [-0.3, -0.25) is 4.79 Å². The molecule has 0 spiro atoms. The topological polar surface area (TPSA) is 65.7 Å². The number of fused-ring (bicyclic) bond motifs is 1. The molecular weight excluding hydrogens is 382 g/mol. The maximum Gasteiger partial charge on any atom is 0.275 e. The van der Waals surface area contributed by atoms with Gasteiger partial charge in [-0.2, -0.15) is 0 Å². The second-order valence-electron chi connectivity index (χ2n) is 8.13. The maximum atomic E-state index is 12.4. The van der Waals surface area contributed by atoms with Crippen molar-refractivity contribution in [1.82, 2.24) is 5.32 Å². The predicted molar refractivity (Wildman–Crippen MR) is 112 cm³/mol. The molecule has 2 aromatic rings. The monoisotopic (exact) mass is 413 g/mol. The van der Waals surface area contributed by atoms with Gasteiger partial charge in [-0.05, 0) is 36.8 Å². The number of aryl methyl sites for hydroxylation is 1. The number of ether oxygens (including phenoxy) is 3. The number of rotatable bonds is 7. The van der Waals surface area contributed by atoms with Crippen LogP contribution in [0.1, 0.15) is 16.7 Å². The third kappa shape index (κ3) is 5.04. The van der Waals surface area contributed by atoms with Gasteiger partial charge in [0, 0.05) is 12.1 Å². The summed E-state index contributed by atoms with van der Waals surface area (Å²) in [6.45, 7) is 8.49. The van der Waals surface area contributed by atoms with Crippen LogP contribution >= 0.6 is 0 Å². The van der Waals surface area contributed by atoms with Gasteiger partial charge < -0.3 is 29.3 Å². The SMILES string of the molecule is COc1ccc(C)cc1C[NH+]1CC[NH+](CC(=O)NCc2ccc3c(c2)OCO3)CC1. The first-order valence-corrected chi connectivity index (χ1v) is 10.6. The number of amides is 1. The summed E-state index contributed by atoms with van der Waals surface area (Å²) in [5.74, 6) is 2.56. The van der Waals surface area contributed by atoms with Crippen LogP contribution in [0, 0.1) is 6.92 Å². The first kappa shape index (κ1) is 20.5. The lowest BCUT2D eigenvalue weighted by molar-refractivity contribution is -1.02. The Labute approximate surface area is 177 Å². The van der Waals surface area contributed by atoms with Crippen molar-refractivity contribution in [2.75, 3.05) is 46.6 Å². The number of quaternary nitrogens is 2. The summed E-state index contributed by atoms with van der Waals surface area (Å²) in [6, 6.07) is 12.1. The van der Waals surface area contributed by atoms with Crippen molar-refractivity contribution >= 4 is 5.91 Å². The van der Waals surface area contributed by atoms with Crippen LogP contribution in [0.5, 0.6) is 17.2 Å². The molecule has 7 heteroatoms. The number of nitrogens with one attached hydrogen (secondary N) is 3. The van der Waals surface area contributed by atoms with Gasteiger partial charge in [-0.25, -0.2) is 0 Å². The van der Waals surface area contributed by atoms with Gasteiger partial charge in [0.05, 0.1) is 7.11 Å². The van der Waals surface area contributed by atoms with E-state index in [1.165, 1.54) is 16.0 Å². The number of benzene rings is 2. The zero-order valence-corrected chi connectivity index (χ0v) is 17.8. The van der Waals surface area contributed by atoms with Crippen molar-refractivity contribution in [3.63, 3.8) is 0 Å². The lowest BCUT2D eigenvalue weighted by Gasteiger charge is -2.29. The summed E-state index contributed by atoms with van der Waals surface area (Å²) in [4.78, 5) is 15.3. The van der Waals surface area contributed by atoms with E-state index < -0.39 is 0 Å². The third-order valence-corrected chi connectivity index (χ3v) is 5.88. The average molecular weight is 414 g/mol. The summed E-state index contributed by atoms with van der Waals surface area (Å²) in [7, 11) is 1.73. The van der Waals surface area contributed by atoms with E-state index in [1.807, 2.05) is 18.2 Å². The molecule has 160 valence electrons. The normalized spacial score (nSPS) is 20.1. The molecule has 2 heterocycles. The highest BCUT2D eigenvalue weighted by Gasteiger charge is 2.25. The standard InChI is InChI=1S/C23H29N3O4/c1-17-3-5-20(28-2)19(11-17)14-25-7-9-26(10-8-25)15-23(27)24-13-18-4-6-21-22(12-18)30-16-29-21/h3-6,11-12H,7-10,13-16H2,1-2H3,(H,24,27)/p+2. The number of carbonyl (C=O) groups is 1. The van der Waals surface area contributed by atoms with Gasteiger partial charge in [0.25, 0.3) is 5.91 Å². The van der Waals surface area contributed by atoms with Crippen molar-refractivity contribution in [3.05, 3.63) is 53.1 Å². The molecule has 2 aliphatic rings. The van der Waals surface area contributed by atoms with Crippen molar-refractivity contribution in [3.8, 4) is 17.2 Å². The largest absolute Gasteiger partial charge is 0.496 e. The van der Waals surface area contributed by atoms with Gasteiger partial charge in [-0.15, -0.1) is 0 Å². The van der Waals surface area contributed by atoms with Crippen LogP contribution in [0.3, 0.4) is 0 Å². The average Bonchev–Trinajstić information content (AvgIpc) is 3.22. The van der Waals surface area contributed by atoms with E-state index in [0.717, 1.165) is 55.5 Å². The Morgan fingerprint density at radius 1 is 1.03 bits per heavy atom. The van der Waals surface area contributed by atoms with Crippen molar-refractivity contribution < 1.29 is 28.8 Å². The molecular formula is C23H31N3O4+2. The molecule has 3 N–H and O–H groups in total. The second-order valence-corrected chi connectivity index (χ2v) is 8.13. The van der Waals surface area contributed by atoms with Crippen molar-refractivity contribution in [2.45, 2.75) is 20.0 Å². The highest BCUT2D eigenvalue weighted by Crippen LogP contribution is 2.32. The fraction of sp³-hybridized carbons (Fsp3) is 0.435. The van der Waals surface area contributed by atoms with E-state index in [0.29, 0.717) is 13.1 Å². The first-order valence-electron chi connectivity index (χ1n) is 10.6. The Morgan fingerprint density at radius 3 is 2.60 bits per heavy atom. The molecule has 0 unspecified atom stereocenters. The molecule has 1 fully saturated rings. The number of piperazine rings is 1. The molecule has 30 heavy (non-hydrogen) atoms. The van der Waals surface area contributed by atoms with Gasteiger partial charge in [0.1, 0.15) is 38.5 Å². The zero-order chi connectivity index (χ0) is 20.9. The minimum absolute atomic E-state index is 0.0893. The molecule has 4 rings (SSSR count). The lowest BCUT2D eigenvalue weighted by atomic mass is 10.1. The Kier molecular flexibility index (Phi) is 6.40. The van der Waals surface area contributed by atoms with Crippen LogP contribution in [0.15, 0.2) is 36.4 Å². The van der Waals surface area contributed by atoms with Gasteiger partial charge in [-0.1, -0.05) is 17.7 Å². The lowest BCUT2D eigenvalue weighted by Crippen LogP contribution is -3.28. The van der Waals surface area contributed by atoms with E-state index in [1.54, 1.807) is 12.0 Å². The van der Waals surface area contributed by atoms with Crippen LogP contribution in [0.2, 0.25) is 0 Å².